The monoisotopic (exact) mass is 234 g/mol. The Labute approximate surface area is 103 Å². The Morgan fingerprint density at radius 1 is 1.24 bits per heavy atom. The largest absolute Gasteiger partial charge is 0.372 e. The van der Waals surface area contributed by atoms with Crippen molar-refractivity contribution in [1.82, 2.24) is 4.98 Å². The number of ether oxygens (including phenoxy) is 1. The number of hydrogen-bond donors (Lipinski definition) is 1. The van der Waals surface area contributed by atoms with Gasteiger partial charge in [0.15, 0.2) is 0 Å². The Hall–Kier alpha value is -0.930. The Bertz CT molecular complexity index is 346. The molecule has 0 aliphatic heterocycles. The van der Waals surface area contributed by atoms with Crippen LogP contribution in [0.2, 0.25) is 0 Å². The molecule has 17 heavy (non-hydrogen) atoms. The molecule has 1 aliphatic carbocycles. The van der Waals surface area contributed by atoms with Crippen molar-refractivity contribution in [2.24, 2.45) is 11.7 Å². The maximum atomic E-state index is 5.91. The molecule has 0 spiro atoms. The van der Waals surface area contributed by atoms with E-state index < -0.39 is 0 Å². The second-order valence-electron chi connectivity index (χ2n) is 5.02. The molecule has 1 heterocycles. The molecule has 0 radical (unpaired) electrons. The summed E-state index contributed by atoms with van der Waals surface area (Å²) in [6.07, 6.45) is 5.40. The van der Waals surface area contributed by atoms with E-state index in [1.807, 2.05) is 18.2 Å². The Balaban J connectivity index is 1.81. The van der Waals surface area contributed by atoms with Crippen LogP contribution < -0.4 is 5.73 Å². The van der Waals surface area contributed by atoms with E-state index in [9.17, 15) is 0 Å². The quantitative estimate of drug-likeness (QED) is 0.871. The van der Waals surface area contributed by atoms with Gasteiger partial charge in [0, 0.05) is 6.54 Å². The number of rotatable bonds is 4. The first-order valence-corrected chi connectivity index (χ1v) is 6.54. The summed E-state index contributed by atoms with van der Waals surface area (Å²) >= 11 is 0. The molecule has 0 unspecified atom stereocenters. The zero-order chi connectivity index (χ0) is 12.1. The van der Waals surface area contributed by atoms with Crippen molar-refractivity contribution in [2.45, 2.75) is 51.9 Å². The van der Waals surface area contributed by atoms with Crippen LogP contribution in [0.5, 0.6) is 0 Å². The van der Waals surface area contributed by atoms with E-state index in [0.29, 0.717) is 19.3 Å². The molecule has 2 N–H and O–H groups in total. The first-order chi connectivity index (χ1) is 8.28. The molecule has 2 rings (SSSR count). The summed E-state index contributed by atoms with van der Waals surface area (Å²) in [5.74, 6) is 0.869. The lowest BCUT2D eigenvalue weighted by Crippen LogP contribution is -2.20. The summed E-state index contributed by atoms with van der Waals surface area (Å²) in [4.78, 5) is 4.44. The molecular weight excluding hydrogens is 212 g/mol. The molecule has 1 aromatic rings. The highest BCUT2D eigenvalue weighted by atomic mass is 16.5. The molecule has 0 saturated heterocycles. The van der Waals surface area contributed by atoms with E-state index in [1.165, 1.54) is 25.7 Å². The predicted octanol–water partition coefficient (Wildman–Crippen LogP) is 2.64. The summed E-state index contributed by atoms with van der Waals surface area (Å²) in [5, 5.41) is 0. The topological polar surface area (TPSA) is 48.1 Å². The molecule has 3 heteroatoms. The van der Waals surface area contributed by atoms with Crippen molar-refractivity contribution in [2.75, 3.05) is 0 Å². The normalized spacial score (nSPS) is 24.8. The van der Waals surface area contributed by atoms with Crippen molar-refractivity contribution in [3.63, 3.8) is 0 Å². The molecule has 1 aromatic heterocycles. The lowest BCUT2D eigenvalue weighted by molar-refractivity contribution is 0.00722. The predicted molar refractivity (Wildman–Crippen MR) is 68.3 cm³/mol. The van der Waals surface area contributed by atoms with E-state index in [0.717, 1.165) is 17.3 Å². The van der Waals surface area contributed by atoms with Gasteiger partial charge in [-0.25, -0.2) is 0 Å². The van der Waals surface area contributed by atoms with Crippen LogP contribution in [0.1, 0.15) is 44.0 Å². The maximum absolute atomic E-state index is 5.91. The van der Waals surface area contributed by atoms with E-state index in [4.69, 9.17) is 10.5 Å². The van der Waals surface area contributed by atoms with Gasteiger partial charge < -0.3 is 10.5 Å². The van der Waals surface area contributed by atoms with Gasteiger partial charge in [-0.05, 0) is 43.7 Å². The Kier molecular flexibility index (Phi) is 4.51. The molecule has 0 bridgehead atoms. The van der Waals surface area contributed by atoms with E-state index in [1.54, 1.807) is 0 Å². The summed E-state index contributed by atoms with van der Waals surface area (Å²) in [7, 11) is 0. The highest BCUT2D eigenvalue weighted by Gasteiger charge is 2.18. The molecule has 1 fully saturated rings. The number of hydrogen-bond acceptors (Lipinski definition) is 3. The van der Waals surface area contributed by atoms with Gasteiger partial charge in [-0.1, -0.05) is 13.0 Å². The molecule has 0 atom stereocenters. The van der Waals surface area contributed by atoms with Crippen molar-refractivity contribution < 1.29 is 4.74 Å². The number of nitrogens with two attached hydrogens (primary N) is 1. The minimum Gasteiger partial charge on any atom is -0.372 e. The van der Waals surface area contributed by atoms with Crippen molar-refractivity contribution >= 4 is 0 Å². The van der Waals surface area contributed by atoms with Gasteiger partial charge in [0.25, 0.3) is 0 Å². The van der Waals surface area contributed by atoms with Crippen LogP contribution in [0, 0.1) is 5.92 Å². The number of nitrogens with zero attached hydrogens (tertiary/aromatic N) is 1. The molecule has 1 saturated carbocycles. The van der Waals surface area contributed by atoms with Crippen LogP contribution in [-0.2, 0) is 17.9 Å². The summed E-state index contributed by atoms with van der Waals surface area (Å²) in [6.45, 7) is 3.43. The van der Waals surface area contributed by atoms with Crippen LogP contribution in [0.25, 0.3) is 0 Å². The highest BCUT2D eigenvalue weighted by molar-refractivity contribution is 5.10. The molecule has 1 aliphatic rings. The van der Waals surface area contributed by atoms with Crippen LogP contribution in [0.15, 0.2) is 18.2 Å². The van der Waals surface area contributed by atoms with Gasteiger partial charge in [-0.15, -0.1) is 0 Å². The van der Waals surface area contributed by atoms with E-state index >= 15 is 0 Å². The van der Waals surface area contributed by atoms with Crippen molar-refractivity contribution in [3.8, 4) is 0 Å². The zero-order valence-corrected chi connectivity index (χ0v) is 10.6. The minimum atomic E-state index is 0.425. The lowest BCUT2D eigenvalue weighted by atomic mass is 9.89. The smallest absolute Gasteiger partial charge is 0.0891 e. The summed E-state index contributed by atoms with van der Waals surface area (Å²) in [5.41, 5.74) is 7.50. The van der Waals surface area contributed by atoms with E-state index in [2.05, 4.69) is 11.9 Å². The Morgan fingerprint density at radius 3 is 2.65 bits per heavy atom. The highest BCUT2D eigenvalue weighted by Crippen LogP contribution is 2.25. The average Bonchev–Trinajstić information content (AvgIpc) is 2.38. The number of pyridine rings is 1. The summed E-state index contributed by atoms with van der Waals surface area (Å²) in [6, 6.07) is 5.95. The molecule has 0 amide bonds. The van der Waals surface area contributed by atoms with Crippen molar-refractivity contribution in [1.29, 1.82) is 0 Å². The molecule has 0 aromatic carbocycles. The third-order valence-corrected chi connectivity index (χ3v) is 3.50. The standard InChI is InChI=1S/C14H22N2O/c1-11-5-7-14(8-6-11)17-10-13-4-2-3-12(9-15)16-13/h2-4,11,14H,5-10,15H2,1H3. The van der Waals surface area contributed by atoms with Gasteiger partial charge in [0.2, 0.25) is 0 Å². The molecule has 3 nitrogen and oxygen atoms in total. The van der Waals surface area contributed by atoms with Gasteiger partial charge >= 0.3 is 0 Å². The fraction of sp³-hybridized carbons (Fsp3) is 0.643. The summed E-state index contributed by atoms with van der Waals surface area (Å²) < 4.78 is 5.91. The minimum absolute atomic E-state index is 0.425. The fourth-order valence-electron chi connectivity index (χ4n) is 2.32. The van der Waals surface area contributed by atoms with E-state index in [-0.39, 0.29) is 0 Å². The zero-order valence-electron chi connectivity index (χ0n) is 10.6. The molecular formula is C14H22N2O. The molecule has 94 valence electrons. The fourth-order valence-corrected chi connectivity index (χ4v) is 2.32. The van der Waals surface area contributed by atoms with Gasteiger partial charge in [-0.2, -0.15) is 0 Å². The van der Waals surface area contributed by atoms with Gasteiger partial charge in [-0.3, -0.25) is 4.98 Å². The SMILES string of the molecule is CC1CCC(OCc2cccc(CN)n2)CC1. The number of aromatic nitrogens is 1. The maximum Gasteiger partial charge on any atom is 0.0891 e. The van der Waals surface area contributed by atoms with Crippen LogP contribution >= 0.6 is 0 Å². The average molecular weight is 234 g/mol. The second kappa shape index (κ2) is 6.12. The van der Waals surface area contributed by atoms with Crippen LogP contribution in [-0.4, -0.2) is 11.1 Å². The first-order valence-electron chi connectivity index (χ1n) is 6.54. The lowest BCUT2D eigenvalue weighted by Gasteiger charge is -2.26. The van der Waals surface area contributed by atoms with Crippen molar-refractivity contribution in [3.05, 3.63) is 29.6 Å². The van der Waals surface area contributed by atoms with Crippen LogP contribution in [0.4, 0.5) is 0 Å². The first kappa shape index (κ1) is 12.5. The third-order valence-electron chi connectivity index (χ3n) is 3.50. The van der Waals surface area contributed by atoms with Gasteiger partial charge in [0.1, 0.15) is 0 Å². The van der Waals surface area contributed by atoms with Crippen LogP contribution in [0.3, 0.4) is 0 Å². The second-order valence-corrected chi connectivity index (χ2v) is 5.02. The Morgan fingerprint density at radius 2 is 1.94 bits per heavy atom. The third kappa shape index (κ3) is 3.79. The van der Waals surface area contributed by atoms with Gasteiger partial charge in [0.05, 0.1) is 24.1 Å².